The lowest BCUT2D eigenvalue weighted by molar-refractivity contribution is 0.555. The van der Waals surface area contributed by atoms with Crippen molar-refractivity contribution in [1.82, 2.24) is 0 Å². The van der Waals surface area contributed by atoms with Crippen LogP contribution in [0.1, 0.15) is 5.56 Å². The first-order valence-electron chi connectivity index (χ1n) is 6.05. The van der Waals surface area contributed by atoms with Gasteiger partial charge in [-0.2, -0.15) is 0 Å². The Morgan fingerprint density at radius 1 is 1.05 bits per heavy atom. The largest absolute Gasteiger partial charge is 0.280 e. The minimum absolute atomic E-state index is 0.289. The van der Waals surface area contributed by atoms with E-state index < -0.39 is 26.6 Å². The number of benzene rings is 2. The molecular formula is C14H12BrF2NO2S. The van der Waals surface area contributed by atoms with E-state index in [9.17, 15) is 17.2 Å². The van der Waals surface area contributed by atoms with Gasteiger partial charge in [-0.15, -0.1) is 0 Å². The molecule has 0 heterocycles. The lowest BCUT2D eigenvalue weighted by Gasteiger charge is -2.09. The predicted octanol–water partition coefficient (Wildman–Crippen LogP) is 3.70. The summed E-state index contributed by atoms with van der Waals surface area (Å²) in [6.07, 6.45) is 0.811. The highest BCUT2D eigenvalue weighted by Crippen LogP contribution is 2.20. The Bertz CT molecular complexity index is 733. The van der Waals surface area contributed by atoms with Crippen molar-refractivity contribution >= 4 is 31.6 Å². The molecule has 0 saturated carbocycles. The zero-order valence-electron chi connectivity index (χ0n) is 10.8. The summed E-state index contributed by atoms with van der Waals surface area (Å²) in [5.74, 6) is -1.82. The maximum atomic E-state index is 13.5. The average Bonchev–Trinajstić information content (AvgIpc) is 2.43. The summed E-state index contributed by atoms with van der Waals surface area (Å²) in [5.41, 5.74) is 1.32. The van der Waals surface area contributed by atoms with E-state index in [0.717, 1.165) is 29.4 Å². The Balaban J connectivity index is 2.26. The average molecular weight is 376 g/mol. The number of hydrogen-bond acceptors (Lipinski definition) is 2. The monoisotopic (exact) mass is 375 g/mol. The molecule has 0 aliphatic carbocycles. The third-order valence-corrected chi connectivity index (χ3v) is 4.56. The quantitative estimate of drug-likeness (QED) is 0.809. The lowest BCUT2D eigenvalue weighted by atomic mass is 10.2. The molecule has 0 aromatic heterocycles. The molecule has 0 fully saturated rings. The predicted molar refractivity (Wildman–Crippen MR) is 81.1 cm³/mol. The molecule has 0 radical (unpaired) electrons. The van der Waals surface area contributed by atoms with Crippen LogP contribution in [-0.4, -0.2) is 13.7 Å². The topological polar surface area (TPSA) is 46.2 Å². The van der Waals surface area contributed by atoms with Gasteiger partial charge in [0.25, 0.3) is 10.0 Å². The van der Waals surface area contributed by atoms with E-state index in [1.165, 1.54) is 0 Å². The second-order valence-corrected chi connectivity index (χ2v) is 6.76. The second kappa shape index (κ2) is 6.53. The van der Waals surface area contributed by atoms with Crippen molar-refractivity contribution in [3.05, 3.63) is 59.7 Å². The van der Waals surface area contributed by atoms with Crippen molar-refractivity contribution in [3.63, 3.8) is 0 Å². The second-order valence-electron chi connectivity index (χ2n) is 4.32. The third kappa shape index (κ3) is 4.01. The first kappa shape index (κ1) is 15.9. The zero-order valence-corrected chi connectivity index (χ0v) is 13.2. The smallest absolute Gasteiger partial charge is 0.264 e. The van der Waals surface area contributed by atoms with Gasteiger partial charge in [-0.25, -0.2) is 17.2 Å². The van der Waals surface area contributed by atoms with Gasteiger partial charge in [-0.1, -0.05) is 28.1 Å². The zero-order chi connectivity index (χ0) is 15.5. The van der Waals surface area contributed by atoms with Crippen molar-refractivity contribution in [3.8, 4) is 0 Å². The maximum Gasteiger partial charge on any atom is 0.264 e. The molecule has 1 N–H and O–H groups in total. The first-order chi connectivity index (χ1) is 9.92. The molecule has 0 bridgehead atoms. The SMILES string of the molecule is O=S(=O)(Nc1ccc(CCBr)cc1)c1cc(F)ccc1F. The number of rotatable bonds is 5. The van der Waals surface area contributed by atoms with Gasteiger partial charge in [0.1, 0.15) is 16.5 Å². The number of nitrogens with one attached hydrogen (secondary N) is 1. The fourth-order valence-corrected chi connectivity index (χ4v) is 3.35. The number of aryl methyl sites for hydroxylation is 1. The molecule has 21 heavy (non-hydrogen) atoms. The fraction of sp³-hybridized carbons (Fsp3) is 0.143. The Morgan fingerprint density at radius 2 is 1.71 bits per heavy atom. The Kier molecular flexibility index (Phi) is 4.95. The van der Waals surface area contributed by atoms with Crippen molar-refractivity contribution < 1.29 is 17.2 Å². The maximum absolute atomic E-state index is 13.5. The highest BCUT2D eigenvalue weighted by atomic mass is 79.9. The normalized spacial score (nSPS) is 11.4. The molecule has 0 unspecified atom stereocenters. The standard InChI is InChI=1S/C14H12BrF2NO2S/c15-8-7-10-1-4-12(5-2-10)18-21(19,20)14-9-11(16)3-6-13(14)17/h1-6,9,18H,7-8H2. The van der Waals surface area contributed by atoms with Crippen LogP contribution in [-0.2, 0) is 16.4 Å². The van der Waals surface area contributed by atoms with Gasteiger partial charge in [0.2, 0.25) is 0 Å². The summed E-state index contributed by atoms with van der Waals surface area (Å²) in [4.78, 5) is -0.716. The minimum Gasteiger partial charge on any atom is -0.280 e. The van der Waals surface area contributed by atoms with E-state index in [-0.39, 0.29) is 5.69 Å². The van der Waals surface area contributed by atoms with E-state index in [0.29, 0.717) is 6.07 Å². The van der Waals surface area contributed by atoms with E-state index in [4.69, 9.17) is 0 Å². The van der Waals surface area contributed by atoms with Gasteiger partial charge in [0.15, 0.2) is 0 Å². The Hall–Kier alpha value is -1.47. The summed E-state index contributed by atoms with van der Waals surface area (Å²) < 4.78 is 53.0. The van der Waals surface area contributed by atoms with Crippen LogP contribution in [0.2, 0.25) is 0 Å². The molecule has 0 atom stereocenters. The van der Waals surface area contributed by atoms with Crippen molar-refractivity contribution in [2.75, 3.05) is 10.1 Å². The lowest BCUT2D eigenvalue weighted by Crippen LogP contribution is -2.15. The van der Waals surface area contributed by atoms with Crippen LogP contribution in [0.4, 0.5) is 14.5 Å². The van der Waals surface area contributed by atoms with Crippen LogP contribution in [0, 0.1) is 11.6 Å². The molecule has 2 aromatic carbocycles. The molecule has 0 aliphatic rings. The summed E-state index contributed by atoms with van der Waals surface area (Å²) in [6, 6.07) is 8.98. The van der Waals surface area contributed by atoms with E-state index in [2.05, 4.69) is 20.7 Å². The van der Waals surface area contributed by atoms with E-state index >= 15 is 0 Å². The highest BCUT2D eigenvalue weighted by molar-refractivity contribution is 9.09. The van der Waals surface area contributed by atoms with Gasteiger partial charge in [-0.05, 0) is 42.3 Å². The van der Waals surface area contributed by atoms with Crippen molar-refractivity contribution in [2.24, 2.45) is 0 Å². The molecule has 0 aliphatic heterocycles. The van der Waals surface area contributed by atoms with Crippen LogP contribution in [0.15, 0.2) is 47.4 Å². The van der Waals surface area contributed by atoms with E-state index in [1.807, 2.05) is 0 Å². The van der Waals surface area contributed by atoms with Gasteiger partial charge >= 0.3 is 0 Å². The molecule has 0 saturated heterocycles. The van der Waals surface area contributed by atoms with Crippen LogP contribution >= 0.6 is 15.9 Å². The molecule has 2 rings (SSSR count). The van der Waals surface area contributed by atoms with Crippen molar-refractivity contribution in [2.45, 2.75) is 11.3 Å². The van der Waals surface area contributed by atoms with Crippen LogP contribution in [0.3, 0.4) is 0 Å². The molecule has 112 valence electrons. The van der Waals surface area contributed by atoms with Gasteiger partial charge in [-0.3, -0.25) is 4.72 Å². The molecule has 0 spiro atoms. The number of hydrogen-bond donors (Lipinski definition) is 1. The summed E-state index contributed by atoms with van der Waals surface area (Å²) in [6.45, 7) is 0. The van der Waals surface area contributed by atoms with Crippen LogP contribution < -0.4 is 4.72 Å². The number of sulfonamides is 1. The molecular weight excluding hydrogens is 364 g/mol. The third-order valence-electron chi connectivity index (χ3n) is 2.77. The summed E-state index contributed by atoms with van der Waals surface area (Å²) in [7, 11) is -4.17. The van der Waals surface area contributed by atoms with Crippen LogP contribution in [0.5, 0.6) is 0 Å². The van der Waals surface area contributed by atoms with Gasteiger partial charge < -0.3 is 0 Å². The number of alkyl halides is 1. The minimum atomic E-state index is -4.17. The van der Waals surface area contributed by atoms with Crippen LogP contribution in [0.25, 0.3) is 0 Å². The van der Waals surface area contributed by atoms with E-state index in [1.54, 1.807) is 24.3 Å². The Morgan fingerprint density at radius 3 is 2.33 bits per heavy atom. The fourth-order valence-electron chi connectivity index (χ4n) is 1.74. The van der Waals surface area contributed by atoms with Gasteiger partial charge in [0, 0.05) is 11.0 Å². The highest BCUT2D eigenvalue weighted by Gasteiger charge is 2.20. The summed E-state index contributed by atoms with van der Waals surface area (Å²) >= 11 is 3.31. The number of halogens is 3. The number of anilines is 1. The summed E-state index contributed by atoms with van der Waals surface area (Å²) in [5, 5.41) is 0.798. The molecule has 7 heteroatoms. The van der Waals surface area contributed by atoms with Crippen molar-refractivity contribution in [1.29, 1.82) is 0 Å². The molecule has 0 amide bonds. The first-order valence-corrected chi connectivity index (χ1v) is 8.65. The Labute approximate surface area is 130 Å². The van der Waals surface area contributed by atoms with Gasteiger partial charge in [0.05, 0.1) is 0 Å². The molecule has 3 nitrogen and oxygen atoms in total. The molecule has 2 aromatic rings.